The number of hydrogen-bond acceptors (Lipinski definition) is 6. The molecule has 2 atom stereocenters. The number of halogens is 1. The summed E-state index contributed by atoms with van der Waals surface area (Å²) in [4.78, 5) is 34.8. The third-order valence-electron chi connectivity index (χ3n) is 3.39. The number of amides is 1. The number of cyclic esters (lactones) is 1. The van der Waals surface area contributed by atoms with Gasteiger partial charge in [-0.1, -0.05) is 11.6 Å². The number of rotatable bonds is 4. The Hall–Kier alpha value is -2.32. The molecule has 0 aliphatic carbocycles. The highest BCUT2D eigenvalue weighted by atomic mass is 35.5. The lowest BCUT2D eigenvalue weighted by molar-refractivity contribution is -0.140. The second-order valence-electron chi connectivity index (χ2n) is 5.08. The number of aliphatic hydroxyl groups is 1. The standard InChI is InChI=1S/C14H14ClNO7/c1-5-2-6-8(15)3-7(11(18)10(6)14(22)23-5)12(19)16-9(4-17)13(20)21/h3,5,9,17-18H,2,4H2,1H3,(H,16,19)(H,20,21)/t5-,9+/m1/s1. The third kappa shape index (κ3) is 3.22. The van der Waals surface area contributed by atoms with Gasteiger partial charge in [-0.15, -0.1) is 0 Å². The van der Waals surface area contributed by atoms with Crippen LogP contribution in [-0.4, -0.2) is 51.9 Å². The summed E-state index contributed by atoms with van der Waals surface area (Å²) in [7, 11) is 0. The molecule has 0 radical (unpaired) electrons. The third-order valence-corrected chi connectivity index (χ3v) is 3.72. The van der Waals surface area contributed by atoms with Gasteiger partial charge in [0.25, 0.3) is 5.91 Å². The van der Waals surface area contributed by atoms with Crippen LogP contribution in [-0.2, 0) is 16.0 Å². The van der Waals surface area contributed by atoms with Gasteiger partial charge in [-0.2, -0.15) is 0 Å². The monoisotopic (exact) mass is 343 g/mol. The smallest absolute Gasteiger partial charge is 0.342 e. The van der Waals surface area contributed by atoms with E-state index in [1.54, 1.807) is 6.92 Å². The lowest BCUT2D eigenvalue weighted by Gasteiger charge is -2.24. The molecule has 1 aromatic carbocycles. The minimum absolute atomic E-state index is 0.0855. The molecule has 0 bridgehead atoms. The van der Waals surface area contributed by atoms with E-state index in [2.05, 4.69) is 0 Å². The molecule has 1 aromatic rings. The number of benzene rings is 1. The Morgan fingerprint density at radius 1 is 1.52 bits per heavy atom. The van der Waals surface area contributed by atoms with Gasteiger partial charge in [0.15, 0.2) is 6.04 Å². The molecule has 9 heteroatoms. The van der Waals surface area contributed by atoms with Crippen molar-refractivity contribution in [3.8, 4) is 5.75 Å². The number of aliphatic carboxylic acids is 1. The molecule has 1 aliphatic heterocycles. The molecule has 0 saturated carbocycles. The second-order valence-corrected chi connectivity index (χ2v) is 5.48. The average molecular weight is 344 g/mol. The van der Waals surface area contributed by atoms with Crippen LogP contribution in [0.1, 0.15) is 33.2 Å². The number of nitrogens with one attached hydrogen (secondary N) is 1. The average Bonchev–Trinajstić information content (AvgIpc) is 2.47. The zero-order valence-corrected chi connectivity index (χ0v) is 12.8. The summed E-state index contributed by atoms with van der Waals surface area (Å²) < 4.78 is 5.00. The number of fused-ring (bicyclic) bond motifs is 1. The normalized spacial score (nSPS) is 17.9. The summed E-state index contributed by atoms with van der Waals surface area (Å²) in [6.07, 6.45) is -0.138. The highest BCUT2D eigenvalue weighted by Gasteiger charge is 2.32. The fourth-order valence-corrected chi connectivity index (χ4v) is 2.54. The van der Waals surface area contributed by atoms with E-state index in [-0.39, 0.29) is 22.6 Å². The van der Waals surface area contributed by atoms with Gasteiger partial charge in [0.2, 0.25) is 0 Å². The van der Waals surface area contributed by atoms with Crippen molar-refractivity contribution in [3.63, 3.8) is 0 Å². The number of carbonyl (C=O) groups excluding carboxylic acids is 2. The Morgan fingerprint density at radius 2 is 2.17 bits per heavy atom. The minimum Gasteiger partial charge on any atom is -0.506 e. The van der Waals surface area contributed by atoms with Crippen LogP contribution in [0.25, 0.3) is 0 Å². The number of aliphatic hydroxyl groups excluding tert-OH is 1. The number of carboxylic acid groups (broad SMARTS) is 1. The first-order valence-corrected chi connectivity index (χ1v) is 7.03. The first kappa shape index (κ1) is 17.0. The first-order valence-electron chi connectivity index (χ1n) is 6.66. The molecule has 0 saturated heterocycles. The van der Waals surface area contributed by atoms with Crippen molar-refractivity contribution < 1.29 is 34.4 Å². The maximum Gasteiger partial charge on any atom is 0.342 e. The molecule has 124 valence electrons. The number of esters is 1. The molecule has 23 heavy (non-hydrogen) atoms. The van der Waals surface area contributed by atoms with Gasteiger partial charge in [-0.3, -0.25) is 4.79 Å². The van der Waals surface area contributed by atoms with E-state index in [9.17, 15) is 19.5 Å². The predicted octanol–water partition coefficient (Wildman–Crippen LogP) is 0.322. The number of carbonyl (C=O) groups is 3. The quantitative estimate of drug-likeness (QED) is 0.578. The van der Waals surface area contributed by atoms with Crippen LogP contribution in [0.4, 0.5) is 0 Å². The van der Waals surface area contributed by atoms with Crippen LogP contribution in [0.5, 0.6) is 5.75 Å². The van der Waals surface area contributed by atoms with Crippen LogP contribution >= 0.6 is 11.6 Å². The van der Waals surface area contributed by atoms with Gasteiger partial charge >= 0.3 is 11.9 Å². The van der Waals surface area contributed by atoms with Gasteiger partial charge in [-0.25, -0.2) is 9.59 Å². The fraction of sp³-hybridized carbons (Fsp3) is 0.357. The van der Waals surface area contributed by atoms with E-state index in [1.807, 2.05) is 5.32 Å². The molecule has 1 heterocycles. The number of hydrogen-bond donors (Lipinski definition) is 4. The molecule has 2 rings (SSSR count). The van der Waals surface area contributed by atoms with Crippen LogP contribution in [0.3, 0.4) is 0 Å². The van der Waals surface area contributed by atoms with Crippen molar-refractivity contribution in [3.05, 3.63) is 27.8 Å². The number of carboxylic acids is 1. The van der Waals surface area contributed by atoms with Gasteiger partial charge in [-0.05, 0) is 18.6 Å². The Bertz CT molecular complexity index is 688. The van der Waals surface area contributed by atoms with Gasteiger partial charge < -0.3 is 25.4 Å². The van der Waals surface area contributed by atoms with E-state index >= 15 is 0 Å². The van der Waals surface area contributed by atoms with E-state index in [4.69, 9.17) is 26.6 Å². The SMILES string of the molecule is C[C@@H]1Cc2c(Cl)cc(C(=O)N[C@@H](CO)C(=O)O)c(O)c2C(=O)O1. The molecule has 0 unspecified atom stereocenters. The van der Waals surface area contributed by atoms with Crippen LogP contribution in [0.15, 0.2) is 6.07 Å². The maximum absolute atomic E-state index is 12.1. The van der Waals surface area contributed by atoms with E-state index < -0.39 is 42.3 Å². The number of phenols is 1. The Morgan fingerprint density at radius 3 is 2.74 bits per heavy atom. The van der Waals surface area contributed by atoms with Gasteiger partial charge in [0, 0.05) is 11.4 Å². The molecule has 1 aliphatic rings. The van der Waals surface area contributed by atoms with Crippen LogP contribution in [0.2, 0.25) is 5.02 Å². The minimum atomic E-state index is -1.55. The maximum atomic E-state index is 12.1. The topological polar surface area (TPSA) is 133 Å². The van der Waals surface area contributed by atoms with E-state index in [1.165, 1.54) is 0 Å². The molecule has 1 amide bonds. The lowest BCUT2D eigenvalue weighted by atomic mass is 9.95. The van der Waals surface area contributed by atoms with Crippen LogP contribution < -0.4 is 5.32 Å². The van der Waals surface area contributed by atoms with Crippen molar-refractivity contribution >= 4 is 29.4 Å². The van der Waals surface area contributed by atoms with E-state index in [0.717, 1.165) is 6.07 Å². The fourth-order valence-electron chi connectivity index (χ4n) is 2.26. The summed E-state index contributed by atoms with van der Waals surface area (Å²) in [6, 6.07) is -0.407. The number of aromatic hydroxyl groups is 1. The molecule has 4 N–H and O–H groups in total. The second kappa shape index (κ2) is 6.43. The highest BCUT2D eigenvalue weighted by molar-refractivity contribution is 6.32. The zero-order chi connectivity index (χ0) is 17.3. The summed E-state index contributed by atoms with van der Waals surface area (Å²) in [5, 5.41) is 30.0. The molecule has 0 aromatic heterocycles. The molecular formula is C14H14ClNO7. The predicted molar refractivity (Wildman–Crippen MR) is 77.7 cm³/mol. The van der Waals surface area contributed by atoms with E-state index in [0.29, 0.717) is 5.56 Å². The molecule has 0 fully saturated rings. The molecule has 8 nitrogen and oxygen atoms in total. The van der Waals surface area contributed by atoms with Gasteiger partial charge in [0.05, 0.1) is 12.2 Å². The zero-order valence-electron chi connectivity index (χ0n) is 12.0. The first-order chi connectivity index (χ1) is 10.8. The lowest BCUT2D eigenvalue weighted by Crippen LogP contribution is -2.43. The Kier molecular flexibility index (Phi) is 4.76. The number of phenolic OH excluding ortho intramolecular Hbond substituents is 1. The van der Waals surface area contributed by atoms with Crippen molar-refractivity contribution in [2.24, 2.45) is 0 Å². The summed E-state index contributed by atoms with van der Waals surface area (Å²) in [6.45, 7) is 0.827. The Balaban J connectivity index is 2.44. The summed E-state index contributed by atoms with van der Waals surface area (Å²) in [5.41, 5.74) is -0.224. The van der Waals surface area contributed by atoms with Crippen molar-refractivity contribution in [2.75, 3.05) is 6.61 Å². The largest absolute Gasteiger partial charge is 0.506 e. The summed E-state index contributed by atoms with van der Waals surface area (Å²) >= 11 is 6.06. The summed E-state index contributed by atoms with van der Waals surface area (Å²) in [5.74, 6) is -3.89. The highest BCUT2D eigenvalue weighted by Crippen LogP contribution is 2.36. The van der Waals surface area contributed by atoms with Crippen molar-refractivity contribution in [1.29, 1.82) is 0 Å². The number of ether oxygens (including phenoxy) is 1. The Labute approximate surface area is 135 Å². The van der Waals surface area contributed by atoms with Gasteiger partial charge in [0.1, 0.15) is 17.4 Å². The van der Waals surface area contributed by atoms with Crippen molar-refractivity contribution in [2.45, 2.75) is 25.5 Å². The molecular weight excluding hydrogens is 330 g/mol. The molecule has 0 spiro atoms. The van der Waals surface area contributed by atoms with Crippen molar-refractivity contribution in [1.82, 2.24) is 5.32 Å². The van der Waals surface area contributed by atoms with Crippen LogP contribution in [0, 0.1) is 0 Å².